The lowest BCUT2D eigenvalue weighted by Crippen LogP contribution is -1.90. The molecule has 0 spiro atoms. The number of nitrogens with zero attached hydrogens (tertiary/aromatic N) is 3. The Kier molecular flexibility index (Phi) is 1.73. The molecule has 0 aliphatic heterocycles. The van der Waals surface area contributed by atoms with E-state index in [1.54, 1.807) is 6.07 Å². The maximum Gasteiger partial charge on any atom is 0.271 e. The number of aromatic nitrogens is 2. The summed E-state index contributed by atoms with van der Waals surface area (Å²) in [6.07, 6.45) is 0. The largest absolute Gasteiger partial charge is 0.331 e. The van der Waals surface area contributed by atoms with Crippen LogP contribution in [0.1, 0.15) is 5.82 Å². The molecule has 72 valence electrons. The van der Waals surface area contributed by atoms with Gasteiger partial charge < -0.3 is 4.57 Å². The molecule has 0 fully saturated rings. The molecule has 0 atom stereocenters. The number of nitro benzene ring substituents is 1. The summed E-state index contributed by atoms with van der Waals surface area (Å²) in [6.45, 7) is 1.87. The first kappa shape index (κ1) is 8.68. The molecule has 0 unspecified atom stereocenters. The van der Waals surface area contributed by atoms with Crippen molar-refractivity contribution < 1.29 is 4.92 Å². The van der Waals surface area contributed by atoms with E-state index >= 15 is 0 Å². The summed E-state index contributed by atoms with van der Waals surface area (Å²) in [6, 6.07) is 4.69. The van der Waals surface area contributed by atoms with Gasteiger partial charge in [0.1, 0.15) is 5.82 Å². The molecule has 5 nitrogen and oxygen atoms in total. The number of imidazole rings is 1. The molecule has 0 saturated carbocycles. The molecule has 0 radical (unpaired) electrons. The zero-order chi connectivity index (χ0) is 10.3. The smallest absolute Gasteiger partial charge is 0.271 e. The highest BCUT2D eigenvalue weighted by Crippen LogP contribution is 2.20. The van der Waals surface area contributed by atoms with Crippen molar-refractivity contribution in [1.29, 1.82) is 0 Å². The summed E-state index contributed by atoms with van der Waals surface area (Å²) >= 11 is 0. The Balaban J connectivity index is 2.73. The maximum atomic E-state index is 10.5. The van der Waals surface area contributed by atoms with Gasteiger partial charge in [-0.3, -0.25) is 10.1 Å². The molecule has 1 heterocycles. The Morgan fingerprint density at radius 1 is 1.50 bits per heavy atom. The van der Waals surface area contributed by atoms with E-state index < -0.39 is 4.92 Å². The van der Waals surface area contributed by atoms with Crippen molar-refractivity contribution in [3.05, 3.63) is 34.1 Å². The van der Waals surface area contributed by atoms with Gasteiger partial charge in [-0.05, 0) is 13.0 Å². The Morgan fingerprint density at radius 3 is 2.86 bits per heavy atom. The first-order valence-electron chi connectivity index (χ1n) is 4.17. The molecule has 0 amide bonds. The first-order valence-corrected chi connectivity index (χ1v) is 4.17. The highest BCUT2D eigenvalue weighted by molar-refractivity contribution is 5.78. The lowest BCUT2D eigenvalue weighted by molar-refractivity contribution is -0.384. The van der Waals surface area contributed by atoms with E-state index in [-0.39, 0.29) is 5.69 Å². The number of fused-ring (bicyclic) bond motifs is 1. The molecule has 0 aliphatic rings. The third kappa shape index (κ3) is 1.14. The van der Waals surface area contributed by atoms with Gasteiger partial charge in [-0.25, -0.2) is 4.98 Å². The predicted octanol–water partition coefficient (Wildman–Crippen LogP) is 1.79. The number of benzene rings is 1. The molecular weight excluding hydrogens is 182 g/mol. The SMILES string of the molecule is Cc1nc2cc([N+](=O)[O-])ccc2n1C. The maximum absolute atomic E-state index is 10.5. The number of non-ortho nitro benzene ring substituents is 1. The van der Waals surface area contributed by atoms with Crippen LogP contribution in [0.25, 0.3) is 11.0 Å². The van der Waals surface area contributed by atoms with Crippen LogP contribution in [0.2, 0.25) is 0 Å². The van der Waals surface area contributed by atoms with E-state index in [9.17, 15) is 10.1 Å². The Labute approximate surface area is 80.1 Å². The van der Waals surface area contributed by atoms with Gasteiger partial charge in [-0.1, -0.05) is 0 Å². The Hall–Kier alpha value is -1.91. The van der Waals surface area contributed by atoms with Crippen LogP contribution in [-0.4, -0.2) is 14.5 Å². The van der Waals surface area contributed by atoms with E-state index in [1.807, 2.05) is 18.5 Å². The summed E-state index contributed by atoms with van der Waals surface area (Å²) in [5.74, 6) is 0.848. The average molecular weight is 191 g/mol. The minimum Gasteiger partial charge on any atom is -0.331 e. The molecule has 2 rings (SSSR count). The topological polar surface area (TPSA) is 61.0 Å². The van der Waals surface area contributed by atoms with E-state index in [4.69, 9.17) is 0 Å². The molecular formula is C9H9N3O2. The molecule has 0 saturated heterocycles. The molecule has 1 aromatic heterocycles. The third-order valence-corrected chi connectivity index (χ3v) is 2.30. The number of hydrogen-bond acceptors (Lipinski definition) is 3. The van der Waals surface area contributed by atoms with Gasteiger partial charge in [0, 0.05) is 19.2 Å². The predicted molar refractivity (Wildman–Crippen MR) is 52.1 cm³/mol. The van der Waals surface area contributed by atoms with Gasteiger partial charge >= 0.3 is 0 Å². The number of nitro groups is 1. The van der Waals surface area contributed by atoms with Crippen LogP contribution in [-0.2, 0) is 7.05 Å². The average Bonchev–Trinajstić information content (AvgIpc) is 2.42. The van der Waals surface area contributed by atoms with Crippen LogP contribution in [0.3, 0.4) is 0 Å². The zero-order valence-corrected chi connectivity index (χ0v) is 7.89. The van der Waals surface area contributed by atoms with Crippen molar-refractivity contribution in [1.82, 2.24) is 9.55 Å². The number of aryl methyl sites for hydroxylation is 2. The van der Waals surface area contributed by atoms with Gasteiger partial charge in [-0.2, -0.15) is 0 Å². The fraction of sp³-hybridized carbons (Fsp3) is 0.222. The Morgan fingerprint density at radius 2 is 2.21 bits per heavy atom. The van der Waals surface area contributed by atoms with E-state index in [1.165, 1.54) is 12.1 Å². The summed E-state index contributed by atoms with van der Waals surface area (Å²) in [4.78, 5) is 14.3. The molecule has 0 aliphatic carbocycles. The zero-order valence-electron chi connectivity index (χ0n) is 7.89. The van der Waals surface area contributed by atoms with Crippen molar-refractivity contribution in [2.45, 2.75) is 6.92 Å². The molecule has 5 heteroatoms. The molecule has 14 heavy (non-hydrogen) atoms. The fourth-order valence-corrected chi connectivity index (χ4v) is 1.42. The van der Waals surface area contributed by atoms with E-state index in [2.05, 4.69) is 4.98 Å². The number of rotatable bonds is 1. The van der Waals surface area contributed by atoms with Crippen molar-refractivity contribution in [3.63, 3.8) is 0 Å². The third-order valence-electron chi connectivity index (χ3n) is 2.30. The quantitative estimate of drug-likeness (QED) is 0.510. The van der Waals surface area contributed by atoms with Crippen LogP contribution in [0.15, 0.2) is 18.2 Å². The second-order valence-electron chi connectivity index (χ2n) is 3.15. The highest BCUT2D eigenvalue weighted by Gasteiger charge is 2.09. The molecule has 2 aromatic rings. The van der Waals surface area contributed by atoms with Gasteiger partial charge in [0.05, 0.1) is 16.0 Å². The second-order valence-corrected chi connectivity index (χ2v) is 3.15. The monoisotopic (exact) mass is 191 g/mol. The molecule has 0 N–H and O–H groups in total. The summed E-state index contributed by atoms with van der Waals surface area (Å²) in [5, 5.41) is 10.5. The van der Waals surface area contributed by atoms with Crippen molar-refractivity contribution in [2.75, 3.05) is 0 Å². The summed E-state index contributed by atoms with van der Waals surface area (Å²) in [5.41, 5.74) is 1.66. The minimum atomic E-state index is -0.413. The molecule has 0 bridgehead atoms. The van der Waals surface area contributed by atoms with Gasteiger partial charge in [0.15, 0.2) is 0 Å². The van der Waals surface area contributed by atoms with Crippen LogP contribution in [0.4, 0.5) is 5.69 Å². The summed E-state index contributed by atoms with van der Waals surface area (Å²) in [7, 11) is 1.89. The minimum absolute atomic E-state index is 0.0793. The normalized spacial score (nSPS) is 10.7. The lowest BCUT2D eigenvalue weighted by atomic mass is 10.3. The van der Waals surface area contributed by atoms with Crippen LogP contribution < -0.4 is 0 Å². The Bertz CT molecular complexity index is 516. The van der Waals surface area contributed by atoms with Gasteiger partial charge in [-0.15, -0.1) is 0 Å². The van der Waals surface area contributed by atoms with Crippen LogP contribution in [0.5, 0.6) is 0 Å². The first-order chi connectivity index (χ1) is 6.59. The van der Waals surface area contributed by atoms with Crippen LogP contribution >= 0.6 is 0 Å². The van der Waals surface area contributed by atoms with E-state index in [0.29, 0.717) is 5.52 Å². The standard InChI is InChI=1S/C9H9N3O2/c1-6-10-8-5-7(12(13)14)3-4-9(8)11(6)2/h3-5H,1-2H3. The second kappa shape index (κ2) is 2.80. The van der Waals surface area contributed by atoms with Crippen LogP contribution in [0, 0.1) is 17.0 Å². The highest BCUT2D eigenvalue weighted by atomic mass is 16.6. The van der Waals surface area contributed by atoms with E-state index in [0.717, 1.165) is 11.3 Å². The fourth-order valence-electron chi connectivity index (χ4n) is 1.42. The van der Waals surface area contributed by atoms with Crippen molar-refractivity contribution >= 4 is 16.7 Å². The van der Waals surface area contributed by atoms with Crippen molar-refractivity contribution in [3.8, 4) is 0 Å². The molecule has 1 aromatic carbocycles. The lowest BCUT2D eigenvalue weighted by Gasteiger charge is -1.95. The van der Waals surface area contributed by atoms with Gasteiger partial charge in [0.25, 0.3) is 5.69 Å². The van der Waals surface area contributed by atoms with Gasteiger partial charge in [0.2, 0.25) is 0 Å². The van der Waals surface area contributed by atoms with Crippen molar-refractivity contribution in [2.24, 2.45) is 7.05 Å². The number of hydrogen-bond donors (Lipinski definition) is 0. The summed E-state index contributed by atoms with van der Waals surface area (Å²) < 4.78 is 1.90.